The standard InChI is InChI=1S/C13H10N2S/c14-11-8-16-13-12(11)10(6-7-15-13)9-4-2-1-3-5-9/h1-8H,14H2. The highest BCUT2D eigenvalue weighted by Gasteiger charge is 2.08. The molecule has 2 aromatic heterocycles. The van der Waals surface area contributed by atoms with Gasteiger partial charge >= 0.3 is 0 Å². The summed E-state index contributed by atoms with van der Waals surface area (Å²) in [4.78, 5) is 5.33. The minimum atomic E-state index is 0.812. The van der Waals surface area contributed by atoms with Crippen molar-refractivity contribution in [2.24, 2.45) is 0 Å². The first-order valence-corrected chi connectivity index (χ1v) is 5.91. The van der Waals surface area contributed by atoms with Crippen LogP contribution in [0, 0.1) is 0 Å². The molecule has 0 aliphatic carbocycles. The average Bonchev–Trinajstić information content (AvgIpc) is 2.73. The van der Waals surface area contributed by atoms with Gasteiger partial charge in [0.1, 0.15) is 4.83 Å². The van der Waals surface area contributed by atoms with Crippen LogP contribution >= 0.6 is 11.3 Å². The molecule has 2 nitrogen and oxygen atoms in total. The largest absolute Gasteiger partial charge is 0.397 e. The fourth-order valence-electron chi connectivity index (χ4n) is 1.85. The third-order valence-corrected chi connectivity index (χ3v) is 3.49. The fraction of sp³-hybridized carbons (Fsp3) is 0. The molecule has 0 aliphatic rings. The van der Waals surface area contributed by atoms with Crippen LogP contribution in [0.5, 0.6) is 0 Å². The Morgan fingerprint density at radius 3 is 2.69 bits per heavy atom. The summed E-state index contributed by atoms with van der Waals surface area (Å²) in [6.45, 7) is 0. The number of aromatic nitrogens is 1. The van der Waals surface area contributed by atoms with E-state index in [9.17, 15) is 0 Å². The van der Waals surface area contributed by atoms with Crippen LogP contribution in [0.3, 0.4) is 0 Å². The minimum Gasteiger partial charge on any atom is -0.397 e. The van der Waals surface area contributed by atoms with Crippen molar-refractivity contribution >= 4 is 27.2 Å². The Hall–Kier alpha value is -1.87. The zero-order valence-electron chi connectivity index (χ0n) is 8.55. The summed E-state index contributed by atoms with van der Waals surface area (Å²) in [5.74, 6) is 0. The first kappa shape index (κ1) is 9.36. The average molecular weight is 226 g/mol. The van der Waals surface area contributed by atoms with Gasteiger partial charge in [0.05, 0.1) is 5.69 Å². The number of hydrogen-bond acceptors (Lipinski definition) is 3. The highest BCUT2D eigenvalue weighted by molar-refractivity contribution is 7.17. The molecule has 3 aromatic rings. The molecule has 0 bridgehead atoms. The third-order valence-electron chi connectivity index (χ3n) is 2.59. The van der Waals surface area contributed by atoms with E-state index in [2.05, 4.69) is 17.1 Å². The highest BCUT2D eigenvalue weighted by atomic mass is 32.1. The highest BCUT2D eigenvalue weighted by Crippen LogP contribution is 2.34. The van der Waals surface area contributed by atoms with Gasteiger partial charge < -0.3 is 5.73 Å². The number of fused-ring (bicyclic) bond motifs is 1. The van der Waals surface area contributed by atoms with E-state index < -0.39 is 0 Å². The Labute approximate surface area is 97.4 Å². The second-order valence-electron chi connectivity index (χ2n) is 3.60. The summed E-state index contributed by atoms with van der Waals surface area (Å²) in [7, 11) is 0. The van der Waals surface area contributed by atoms with E-state index in [1.165, 1.54) is 5.56 Å². The van der Waals surface area contributed by atoms with Gasteiger partial charge in [-0.05, 0) is 17.2 Å². The van der Waals surface area contributed by atoms with Gasteiger partial charge in [-0.3, -0.25) is 0 Å². The maximum Gasteiger partial charge on any atom is 0.125 e. The summed E-state index contributed by atoms with van der Waals surface area (Å²) in [5.41, 5.74) is 9.13. The van der Waals surface area contributed by atoms with E-state index in [1.54, 1.807) is 11.3 Å². The van der Waals surface area contributed by atoms with Crippen molar-refractivity contribution in [3.05, 3.63) is 48.0 Å². The molecule has 1 aromatic carbocycles. The summed E-state index contributed by atoms with van der Waals surface area (Å²) < 4.78 is 0. The van der Waals surface area contributed by atoms with Gasteiger partial charge in [-0.15, -0.1) is 11.3 Å². The molecule has 0 saturated carbocycles. The molecule has 2 heterocycles. The number of hydrogen-bond donors (Lipinski definition) is 1. The Kier molecular flexibility index (Phi) is 2.11. The van der Waals surface area contributed by atoms with Gasteiger partial charge in [-0.2, -0.15) is 0 Å². The number of nitrogen functional groups attached to an aromatic ring is 1. The van der Waals surface area contributed by atoms with Gasteiger partial charge in [-0.25, -0.2) is 4.98 Å². The second kappa shape index (κ2) is 3.61. The van der Waals surface area contributed by atoms with Crippen LogP contribution < -0.4 is 5.73 Å². The molecule has 0 fully saturated rings. The third kappa shape index (κ3) is 1.37. The lowest BCUT2D eigenvalue weighted by Gasteiger charge is -2.03. The maximum atomic E-state index is 5.98. The number of anilines is 1. The molecule has 78 valence electrons. The molecule has 2 N–H and O–H groups in total. The molecule has 0 saturated heterocycles. The monoisotopic (exact) mass is 226 g/mol. The van der Waals surface area contributed by atoms with Crippen LogP contribution in [0.25, 0.3) is 21.3 Å². The van der Waals surface area contributed by atoms with Gasteiger partial charge in [0.15, 0.2) is 0 Å². The number of nitrogens with zero attached hydrogens (tertiary/aromatic N) is 1. The van der Waals surface area contributed by atoms with E-state index in [0.717, 1.165) is 21.5 Å². The van der Waals surface area contributed by atoms with Crippen molar-refractivity contribution < 1.29 is 0 Å². The lowest BCUT2D eigenvalue weighted by atomic mass is 10.0. The van der Waals surface area contributed by atoms with Gasteiger partial charge in [0, 0.05) is 17.0 Å². The lowest BCUT2D eigenvalue weighted by Crippen LogP contribution is -1.85. The minimum absolute atomic E-state index is 0.812. The molecule has 3 rings (SSSR count). The smallest absolute Gasteiger partial charge is 0.125 e. The van der Waals surface area contributed by atoms with Crippen LogP contribution in [0.1, 0.15) is 0 Å². The summed E-state index contributed by atoms with van der Waals surface area (Å²) in [5, 5.41) is 3.02. The number of pyridine rings is 1. The Morgan fingerprint density at radius 1 is 1.06 bits per heavy atom. The van der Waals surface area contributed by atoms with Crippen LogP contribution in [0.15, 0.2) is 48.0 Å². The van der Waals surface area contributed by atoms with Gasteiger partial charge in [0.25, 0.3) is 0 Å². The van der Waals surface area contributed by atoms with E-state index in [1.807, 2.05) is 35.8 Å². The van der Waals surface area contributed by atoms with Gasteiger partial charge in [-0.1, -0.05) is 30.3 Å². The van der Waals surface area contributed by atoms with Crippen molar-refractivity contribution in [2.75, 3.05) is 5.73 Å². The summed E-state index contributed by atoms with van der Waals surface area (Å²) >= 11 is 1.59. The van der Waals surface area contributed by atoms with Crippen molar-refractivity contribution in [3.8, 4) is 11.1 Å². The van der Waals surface area contributed by atoms with E-state index in [-0.39, 0.29) is 0 Å². The molecule has 0 radical (unpaired) electrons. The predicted octanol–water partition coefficient (Wildman–Crippen LogP) is 3.55. The zero-order valence-corrected chi connectivity index (χ0v) is 9.37. The quantitative estimate of drug-likeness (QED) is 0.689. The molecule has 0 spiro atoms. The topological polar surface area (TPSA) is 38.9 Å². The molecule has 16 heavy (non-hydrogen) atoms. The Balaban J connectivity index is 2.36. The molecule has 0 unspecified atom stereocenters. The molecule has 0 atom stereocenters. The lowest BCUT2D eigenvalue weighted by molar-refractivity contribution is 1.44. The Morgan fingerprint density at radius 2 is 1.88 bits per heavy atom. The first-order valence-electron chi connectivity index (χ1n) is 5.03. The molecular formula is C13H10N2S. The number of thiophene rings is 1. The first-order chi connectivity index (χ1) is 7.86. The SMILES string of the molecule is Nc1csc2nccc(-c3ccccc3)c12. The summed E-state index contributed by atoms with van der Waals surface area (Å²) in [6, 6.07) is 12.3. The summed E-state index contributed by atoms with van der Waals surface area (Å²) in [6.07, 6.45) is 1.83. The maximum absolute atomic E-state index is 5.98. The van der Waals surface area contributed by atoms with Gasteiger partial charge in [0.2, 0.25) is 0 Å². The normalized spacial score (nSPS) is 10.8. The number of rotatable bonds is 1. The van der Waals surface area contributed by atoms with Crippen molar-refractivity contribution in [1.29, 1.82) is 0 Å². The molecular weight excluding hydrogens is 216 g/mol. The predicted molar refractivity (Wildman–Crippen MR) is 69.5 cm³/mol. The van der Waals surface area contributed by atoms with Crippen molar-refractivity contribution in [3.63, 3.8) is 0 Å². The van der Waals surface area contributed by atoms with Crippen LogP contribution in [0.4, 0.5) is 5.69 Å². The number of benzene rings is 1. The second-order valence-corrected chi connectivity index (χ2v) is 4.45. The van der Waals surface area contributed by atoms with Crippen LogP contribution in [-0.2, 0) is 0 Å². The van der Waals surface area contributed by atoms with E-state index in [4.69, 9.17) is 5.73 Å². The zero-order chi connectivity index (χ0) is 11.0. The molecule has 3 heteroatoms. The number of nitrogens with two attached hydrogens (primary N) is 1. The van der Waals surface area contributed by atoms with Crippen molar-refractivity contribution in [2.45, 2.75) is 0 Å². The van der Waals surface area contributed by atoms with Crippen molar-refractivity contribution in [1.82, 2.24) is 4.98 Å². The van der Waals surface area contributed by atoms with Crippen LogP contribution in [0.2, 0.25) is 0 Å². The Bertz CT molecular complexity index is 629. The van der Waals surface area contributed by atoms with Crippen LogP contribution in [-0.4, -0.2) is 4.98 Å². The van der Waals surface area contributed by atoms with E-state index >= 15 is 0 Å². The molecule has 0 amide bonds. The van der Waals surface area contributed by atoms with E-state index in [0.29, 0.717) is 0 Å². The molecule has 0 aliphatic heterocycles. The fourth-order valence-corrected chi connectivity index (χ4v) is 2.67.